The number of carbonyl (C=O) groups is 3. The summed E-state index contributed by atoms with van der Waals surface area (Å²) in [6.45, 7) is 4.58. The largest absolute Gasteiger partial charge is 0.544 e. The molecule has 2 unspecified atom stereocenters. The zero-order valence-corrected chi connectivity index (χ0v) is 37.9. The molecule has 0 aliphatic carbocycles. The number of rotatable bonds is 41. The number of hydrogen-bond donors (Lipinski definition) is 0. The Morgan fingerprint density at radius 1 is 0.517 bits per heavy atom. The standard InChI is InChI=1S/C50H87NO7/c1-6-8-10-12-14-16-18-20-21-22-23-24-25-26-27-29-31-33-35-37-39-41-49(53)58-46(44-56-43-42-47(50(54)55)51(3,4)5)45-57-48(52)40-38-36-34-32-30-28-19-17-15-13-11-9-7-2/h14,16,20-21,23-24,26-28,30,46-47H,6-13,15,17-19,22,25,29,31-45H2,1-5H3/b16-14+,21-20+,24-23+,27-26+,30-28+. The molecule has 0 N–H and O–H groups in total. The van der Waals surface area contributed by atoms with Gasteiger partial charge in [-0.1, -0.05) is 145 Å². The summed E-state index contributed by atoms with van der Waals surface area (Å²) in [4.78, 5) is 36.9. The highest BCUT2D eigenvalue weighted by Crippen LogP contribution is 2.13. The van der Waals surface area contributed by atoms with Crippen LogP contribution in [0.2, 0.25) is 0 Å². The number of nitrogens with zero attached hydrogens (tertiary/aromatic N) is 1. The Hall–Kier alpha value is -2.97. The number of carboxylic acids is 1. The third-order valence-corrected chi connectivity index (χ3v) is 10.1. The fraction of sp³-hybridized carbons (Fsp3) is 0.740. The van der Waals surface area contributed by atoms with Gasteiger partial charge in [-0.3, -0.25) is 9.59 Å². The number of allylic oxidation sites excluding steroid dienone is 10. The summed E-state index contributed by atoms with van der Waals surface area (Å²) >= 11 is 0. The monoisotopic (exact) mass is 814 g/mol. The van der Waals surface area contributed by atoms with Gasteiger partial charge in [0, 0.05) is 19.3 Å². The summed E-state index contributed by atoms with van der Waals surface area (Å²) in [5.74, 6) is -1.78. The van der Waals surface area contributed by atoms with Gasteiger partial charge in [0.15, 0.2) is 6.10 Å². The molecule has 2 atom stereocenters. The SMILES string of the molecule is CCCCC/C=C/C/C=C/C/C=C/C/C=C/CCCCCCCC(=O)OC(COCCC(C(=O)[O-])[N+](C)(C)C)COC(=O)CCCCC/C=C/CCCCCCCC. The minimum absolute atomic E-state index is 0.0263. The van der Waals surface area contributed by atoms with Crippen molar-refractivity contribution in [2.75, 3.05) is 41.0 Å². The minimum atomic E-state index is -1.13. The second-order valence-corrected chi connectivity index (χ2v) is 16.6. The van der Waals surface area contributed by atoms with E-state index < -0.39 is 18.1 Å². The van der Waals surface area contributed by atoms with E-state index in [4.69, 9.17) is 14.2 Å². The average Bonchev–Trinajstić information content (AvgIpc) is 3.18. The van der Waals surface area contributed by atoms with Crippen molar-refractivity contribution in [3.8, 4) is 0 Å². The molecular formula is C50H87NO7. The third-order valence-electron chi connectivity index (χ3n) is 10.1. The number of ether oxygens (including phenoxy) is 3. The lowest BCUT2D eigenvalue weighted by molar-refractivity contribution is -0.889. The van der Waals surface area contributed by atoms with E-state index in [2.05, 4.69) is 74.6 Å². The van der Waals surface area contributed by atoms with Crippen LogP contribution in [0.5, 0.6) is 0 Å². The number of unbranched alkanes of at least 4 members (excludes halogenated alkanes) is 17. The minimum Gasteiger partial charge on any atom is -0.544 e. The van der Waals surface area contributed by atoms with Crippen LogP contribution in [0.1, 0.15) is 187 Å². The molecule has 0 aliphatic heterocycles. The van der Waals surface area contributed by atoms with Crippen LogP contribution >= 0.6 is 0 Å². The van der Waals surface area contributed by atoms with E-state index in [1.165, 1.54) is 64.2 Å². The lowest BCUT2D eigenvalue weighted by Gasteiger charge is -2.34. The molecule has 8 nitrogen and oxygen atoms in total. The topological polar surface area (TPSA) is 102 Å². The van der Waals surface area contributed by atoms with E-state index in [0.29, 0.717) is 12.8 Å². The summed E-state index contributed by atoms with van der Waals surface area (Å²) in [6.07, 6.45) is 49.6. The molecule has 0 radical (unpaired) electrons. The Bertz CT molecular complexity index is 1130. The summed E-state index contributed by atoms with van der Waals surface area (Å²) in [5, 5.41) is 11.6. The first-order valence-corrected chi connectivity index (χ1v) is 23.3. The van der Waals surface area contributed by atoms with Crippen LogP contribution in [-0.4, -0.2) is 75.5 Å². The molecule has 0 aromatic carbocycles. The molecule has 0 aliphatic rings. The first-order valence-electron chi connectivity index (χ1n) is 23.3. The number of aliphatic carboxylic acids is 1. The van der Waals surface area contributed by atoms with E-state index in [1.54, 1.807) is 21.1 Å². The molecule has 8 heteroatoms. The second kappa shape index (κ2) is 40.8. The molecule has 0 rings (SSSR count). The van der Waals surface area contributed by atoms with Crippen molar-refractivity contribution < 1.29 is 38.2 Å². The Morgan fingerprint density at radius 3 is 1.41 bits per heavy atom. The van der Waals surface area contributed by atoms with Crippen LogP contribution in [0.25, 0.3) is 0 Å². The van der Waals surface area contributed by atoms with Gasteiger partial charge in [0.1, 0.15) is 12.6 Å². The van der Waals surface area contributed by atoms with Gasteiger partial charge >= 0.3 is 11.9 Å². The Balaban J connectivity index is 4.37. The highest BCUT2D eigenvalue weighted by Gasteiger charge is 2.25. The van der Waals surface area contributed by atoms with Crippen molar-refractivity contribution in [2.45, 2.75) is 199 Å². The van der Waals surface area contributed by atoms with Gasteiger partial charge in [-0.15, -0.1) is 0 Å². The quantitative estimate of drug-likeness (QED) is 0.0262. The molecule has 58 heavy (non-hydrogen) atoms. The Labute approximate surface area is 356 Å². The van der Waals surface area contributed by atoms with Crippen LogP contribution in [0, 0.1) is 0 Å². The predicted molar refractivity (Wildman–Crippen MR) is 240 cm³/mol. The normalized spacial score (nSPS) is 13.5. The Kier molecular flexibility index (Phi) is 38.7. The van der Waals surface area contributed by atoms with E-state index >= 15 is 0 Å². The highest BCUT2D eigenvalue weighted by molar-refractivity contribution is 5.70. The van der Waals surface area contributed by atoms with Gasteiger partial charge in [0.25, 0.3) is 0 Å². The number of carbonyl (C=O) groups excluding carboxylic acids is 3. The lowest BCUT2D eigenvalue weighted by Crippen LogP contribution is -2.55. The van der Waals surface area contributed by atoms with E-state index in [-0.39, 0.29) is 42.7 Å². The van der Waals surface area contributed by atoms with Gasteiger partial charge in [-0.2, -0.15) is 0 Å². The molecule has 0 saturated heterocycles. The average molecular weight is 814 g/mol. The molecule has 334 valence electrons. The molecule has 0 amide bonds. The zero-order valence-electron chi connectivity index (χ0n) is 37.9. The van der Waals surface area contributed by atoms with Crippen LogP contribution < -0.4 is 5.11 Å². The van der Waals surface area contributed by atoms with Gasteiger partial charge in [-0.05, 0) is 83.5 Å². The second-order valence-electron chi connectivity index (χ2n) is 16.6. The molecule has 0 spiro atoms. The maximum Gasteiger partial charge on any atom is 0.306 e. The third kappa shape index (κ3) is 38.5. The molecule has 0 aromatic heterocycles. The van der Waals surface area contributed by atoms with Crippen LogP contribution in [-0.2, 0) is 28.6 Å². The molecule has 0 bridgehead atoms. The predicted octanol–water partition coefficient (Wildman–Crippen LogP) is 11.6. The first-order chi connectivity index (χ1) is 28.1. The van der Waals surface area contributed by atoms with Crippen LogP contribution in [0.3, 0.4) is 0 Å². The zero-order chi connectivity index (χ0) is 42.8. The van der Waals surface area contributed by atoms with Gasteiger partial charge in [0.2, 0.25) is 0 Å². The fourth-order valence-corrected chi connectivity index (χ4v) is 6.46. The maximum atomic E-state index is 12.7. The van der Waals surface area contributed by atoms with Crippen molar-refractivity contribution in [3.05, 3.63) is 60.8 Å². The molecule has 0 saturated carbocycles. The number of hydrogen-bond acceptors (Lipinski definition) is 7. The summed E-state index contributed by atoms with van der Waals surface area (Å²) in [7, 11) is 5.39. The number of likely N-dealkylation sites (N-methyl/N-ethyl adjacent to an activating group) is 1. The number of esters is 2. The molecular weight excluding hydrogens is 727 g/mol. The number of carboxylic acid groups (broad SMARTS) is 1. The van der Waals surface area contributed by atoms with Crippen molar-refractivity contribution in [1.82, 2.24) is 0 Å². The lowest BCUT2D eigenvalue weighted by atomic mass is 10.1. The van der Waals surface area contributed by atoms with Crippen molar-refractivity contribution in [3.63, 3.8) is 0 Å². The van der Waals surface area contributed by atoms with E-state index in [9.17, 15) is 19.5 Å². The van der Waals surface area contributed by atoms with Gasteiger partial charge < -0.3 is 28.6 Å². The van der Waals surface area contributed by atoms with Crippen LogP contribution in [0.4, 0.5) is 0 Å². The number of quaternary nitrogens is 1. The fourth-order valence-electron chi connectivity index (χ4n) is 6.46. The van der Waals surface area contributed by atoms with Crippen molar-refractivity contribution in [1.29, 1.82) is 0 Å². The Morgan fingerprint density at radius 2 is 0.914 bits per heavy atom. The summed E-state index contributed by atoms with van der Waals surface area (Å²) in [6, 6.07) is -0.733. The smallest absolute Gasteiger partial charge is 0.306 e. The molecule has 0 aromatic rings. The molecule has 0 heterocycles. The van der Waals surface area contributed by atoms with E-state index in [0.717, 1.165) is 89.9 Å². The first kappa shape index (κ1) is 55.0. The summed E-state index contributed by atoms with van der Waals surface area (Å²) in [5.41, 5.74) is 0. The van der Waals surface area contributed by atoms with E-state index in [1.807, 2.05) is 0 Å². The van der Waals surface area contributed by atoms with Gasteiger partial charge in [0.05, 0.1) is 40.3 Å². The van der Waals surface area contributed by atoms with Crippen LogP contribution in [0.15, 0.2) is 60.8 Å². The van der Waals surface area contributed by atoms with Crippen molar-refractivity contribution in [2.24, 2.45) is 0 Å². The van der Waals surface area contributed by atoms with Crippen molar-refractivity contribution >= 4 is 17.9 Å². The highest BCUT2D eigenvalue weighted by atomic mass is 16.6. The molecule has 0 fully saturated rings. The summed E-state index contributed by atoms with van der Waals surface area (Å²) < 4.78 is 17.1. The van der Waals surface area contributed by atoms with Gasteiger partial charge in [-0.25, -0.2) is 0 Å². The maximum absolute atomic E-state index is 12.7.